The summed E-state index contributed by atoms with van der Waals surface area (Å²) in [6.07, 6.45) is 2.12. The van der Waals surface area contributed by atoms with Crippen molar-refractivity contribution in [1.29, 1.82) is 0 Å². The third kappa shape index (κ3) is 3.38. The van der Waals surface area contributed by atoms with Crippen LogP contribution in [0.2, 0.25) is 0 Å². The molecule has 0 bridgehead atoms. The van der Waals surface area contributed by atoms with E-state index in [4.69, 9.17) is 9.52 Å². The molecule has 0 spiro atoms. The Hall–Kier alpha value is -1.29. The van der Waals surface area contributed by atoms with E-state index in [1.165, 1.54) is 6.92 Å². The van der Waals surface area contributed by atoms with E-state index in [9.17, 15) is 4.79 Å². The molecule has 0 radical (unpaired) electrons. The summed E-state index contributed by atoms with van der Waals surface area (Å²) in [5, 5.41) is 8.96. The van der Waals surface area contributed by atoms with Crippen molar-refractivity contribution in [3.63, 3.8) is 0 Å². The number of ketones is 1. The molecule has 0 aliphatic carbocycles. The zero-order valence-corrected chi connectivity index (χ0v) is 9.90. The molecular weight excluding hydrogens is 206 g/mol. The van der Waals surface area contributed by atoms with E-state index < -0.39 is 0 Å². The van der Waals surface area contributed by atoms with Crippen LogP contribution in [0.1, 0.15) is 37.2 Å². The lowest BCUT2D eigenvalue weighted by molar-refractivity contribution is 0.0987. The molecule has 0 unspecified atom stereocenters. The summed E-state index contributed by atoms with van der Waals surface area (Å²) in [4.78, 5) is 13.0. The number of aliphatic hydroxyl groups excluding tert-OH is 1. The number of Topliss-reactive ketones (excluding diaryl/α,β-unsaturated/α-hetero) is 1. The third-order valence-electron chi connectivity index (χ3n) is 2.40. The standard InChI is InChI=1S/C12H19NO3/c1-3-4-7-13(8-9-14)12-6-5-11(16-12)10(2)15/h5-6,14H,3-4,7-9H2,1-2H3. The molecule has 1 aromatic heterocycles. The van der Waals surface area contributed by atoms with E-state index in [1.54, 1.807) is 12.1 Å². The van der Waals surface area contributed by atoms with Crippen LogP contribution in [0.4, 0.5) is 5.88 Å². The summed E-state index contributed by atoms with van der Waals surface area (Å²) in [6.45, 7) is 5.04. The Bertz CT molecular complexity index is 333. The Kier molecular flexibility index (Phi) is 5.05. The van der Waals surface area contributed by atoms with E-state index in [0.29, 0.717) is 18.2 Å². The average Bonchev–Trinajstić information content (AvgIpc) is 2.73. The van der Waals surface area contributed by atoms with Gasteiger partial charge in [0, 0.05) is 26.1 Å². The lowest BCUT2D eigenvalue weighted by Gasteiger charge is -2.20. The molecule has 0 saturated carbocycles. The fourth-order valence-corrected chi connectivity index (χ4v) is 1.49. The number of carbonyl (C=O) groups excluding carboxylic acids is 1. The number of rotatable bonds is 7. The van der Waals surface area contributed by atoms with Gasteiger partial charge in [-0.1, -0.05) is 13.3 Å². The van der Waals surface area contributed by atoms with Gasteiger partial charge in [0.05, 0.1) is 6.61 Å². The molecule has 16 heavy (non-hydrogen) atoms. The summed E-state index contributed by atoms with van der Waals surface area (Å²) >= 11 is 0. The van der Waals surface area contributed by atoms with E-state index >= 15 is 0 Å². The van der Waals surface area contributed by atoms with Gasteiger partial charge in [-0.25, -0.2) is 0 Å². The second kappa shape index (κ2) is 6.33. The molecule has 90 valence electrons. The van der Waals surface area contributed by atoms with Crippen LogP contribution in [0, 0.1) is 0 Å². The van der Waals surface area contributed by atoms with Crippen molar-refractivity contribution in [2.24, 2.45) is 0 Å². The van der Waals surface area contributed by atoms with E-state index in [1.807, 2.05) is 4.90 Å². The summed E-state index contributed by atoms with van der Waals surface area (Å²) in [6, 6.07) is 3.45. The predicted molar refractivity (Wildman–Crippen MR) is 62.9 cm³/mol. The van der Waals surface area contributed by atoms with Crippen molar-refractivity contribution < 1.29 is 14.3 Å². The quantitative estimate of drug-likeness (QED) is 0.722. The second-order valence-electron chi connectivity index (χ2n) is 3.76. The van der Waals surface area contributed by atoms with Crippen LogP contribution in [0.3, 0.4) is 0 Å². The molecule has 1 heterocycles. The maximum absolute atomic E-state index is 11.1. The fourth-order valence-electron chi connectivity index (χ4n) is 1.49. The Morgan fingerprint density at radius 1 is 1.44 bits per heavy atom. The van der Waals surface area contributed by atoms with Crippen molar-refractivity contribution in [2.75, 3.05) is 24.6 Å². The van der Waals surface area contributed by atoms with E-state index in [-0.39, 0.29) is 12.4 Å². The van der Waals surface area contributed by atoms with Crippen LogP contribution >= 0.6 is 0 Å². The van der Waals surface area contributed by atoms with E-state index in [2.05, 4.69) is 6.92 Å². The highest BCUT2D eigenvalue weighted by Gasteiger charge is 2.12. The monoisotopic (exact) mass is 225 g/mol. The molecule has 0 aromatic carbocycles. The smallest absolute Gasteiger partial charge is 0.196 e. The van der Waals surface area contributed by atoms with E-state index in [0.717, 1.165) is 19.4 Å². The normalized spacial score (nSPS) is 10.4. The lowest BCUT2D eigenvalue weighted by atomic mass is 10.3. The number of nitrogens with zero attached hydrogens (tertiary/aromatic N) is 1. The second-order valence-corrected chi connectivity index (χ2v) is 3.76. The largest absolute Gasteiger partial charge is 0.437 e. The summed E-state index contributed by atoms with van der Waals surface area (Å²) in [5.74, 6) is 0.952. The zero-order valence-electron chi connectivity index (χ0n) is 9.90. The summed E-state index contributed by atoms with van der Waals surface area (Å²) < 4.78 is 5.42. The predicted octanol–water partition coefficient (Wildman–Crippen LogP) is 2.08. The van der Waals surface area contributed by atoms with Crippen LogP contribution in [0.15, 0.2) is 16.5 Å². The first-order chi connectivity index (χ1) is 7.69. The van der Waals surface area contributed by atoms with Gasteiger partial charge < -0.3 is 14.4 Å². The molecule has 0 fully saturated rings. The lowest BCUT2D eigenvalue weighted by Crippen LogP contribution is -2.27. The summed E-state index contributed by atoms with van der Waals surface area (Å²) in [7, 11) is 0. The van der Waals surface area contributed by atoms with Crippen LogP contribution in [-0.4, -0.2) is 30.6 Å². The first-order valence-electron chi connectivity index (χ1n) is 5.65. The van der Waals surface area contributed by atoms with Crippen molar-refractivity contribution in [3.05, 3.63) is 17.9 Å². The number of anilines is 1. The molecule has 0 saturated heterocycles. The number of hydrogen-bond donors (Lipinski definition) is 1. The van der Waals surface area contributed by atoms with Crippen LogP contribution in [0.5, 0.6) is 0 Å². The van der Waals surface area contributed by atoms with Crippen LogP contribution < -0.4 is 4.90 Å². The maximum atomic E-state index is 11.1. The minimum Gasteiger partial charge on any atom is -0.437 e. The van der Waals surface area contributed by atoms with Crippen LogP contribution in [-0.2, 0) is 0 Å². The van der Waals surface area contributed by atoms with Gasteiger partial charge >= 0.3 is 0 Å². The van der Waals surface area contributed by atoms with Gasteiger partial charge in [-0.3, -0.25) is 4.79 Å². The highest BCUT2D eigenvalue weighted by Crippen LogP contribution is 2.19. The van der Waals surface area contributed by atoms with Gasteiger partial charge in [0.25, 0.3) is 0 Å². The molecule has 0 aliphatic rings. The molecule has 4 nitrogen and oxygen atoms in total. The number of aliphatic hydroxyl groups is 1. The summed E-state index contributed by atoms with van der Waals surface area (Å²) in [5.41, 5.74) is 0. The van der Waals surface area contributed by atoms with Gasteiger partial charge in [0.1, 0.15) is 0 Å². The van der Waals surface area contributed by atoms with Gasteiger partial charge in [-0.15, -0.1) is 0 Å². The van der Waals surface area contributed by atoms with Crippen molar-refractivity contribution in [2.45, 2.75) is 26.7 Å². The minimum atomic E-state index is -0.0781. The highest BCUT2D eigenvalue weighted by atomic mass is 16.4. The third-order valence-corrected chi connectivity index (χ3v) is 2.40. The van der Waals surface area contributed by atoms with Gasteiger partial charge in [-0.05, 0) is 12.5 Å². The number of furan rings is 1. The topological polar surface area (TPSA) is 53.7 Å². The molecule has 1 aromatic rings. The van der Waals surface area contributed by atoms with Gasteiger partial charge in [0.15, 0.2) is 17.4 Å². The SMILES string of the molecule is CCCCN(CCO)c1ccc(C(C)=O)o1. The Balaban J connectivity index is 2.71. The number of unbranched alkanes of at least 4 members (excludes halogenated alkanes) is 1. The first kappa shape index (κ1) is 12.8. The van der Waals surface area contributed by atoms with Crippen molar-refractivity contribution in [1.82, 2.24) is 0 Å². The van der Waals surface area contributed by atoms with Gasteiger partial charge in [0.2, 0.25) is 0 Å². The van der Waals surface area contributed by atoms with Crippen LogP contribution in [0.25, 0.3) is 0 Å². The first-order valence-corrected chi connectivity index (χ1v) is 5.65. The van der Waals surface area contributed by atoms with Gasteiger partial charge in [-0.2, -0.15) is 0 Å². The fraction of sp³-hybridized carbons (Fsp3) is 0.583. The molecule has 0 amide bonds. The maximum Gasteiger partial charge on any atom is 0.196 e. The Labute approximate surface area is 95.9 Å². The Morgan fingerprint density at radius 2 is 2.19 bits per heavy atom. The molecular formula is C12H19NO3. The average molecular weight is 225 g/mol. The minimum absolute atomic E-state index is 0.0781. The highest BCUT2D eigenvalue weighted by molar-refractivity contribution is 5.91. The Morgan fingerprint density at radius 3 is 2.69 bits per heavy atom. The number of carbonyl (C=O) groups is 1. The molecule has 1 rings (SSSR count). The van der Waals surface area contributed by atoms with Crippen molar-refractivity contribution >= 4 is 11.7 Å². The number of hydrogen-bond acceptors (Lipinski definition) is 4. The van der Waals surface area contributed by atoms with Crippen molar-refractivity contribution in [3.8, 4) is 0 Å². The zero-order chi connectivity index (χ0) is 12.0. The molecule has 4 heteroatoms. The molecule has 0 atom stereocenters. The molecule has 1 N–H and O–H groups in total. The molecule has 0 aliphatic heterocycles.